The zero-order valence-electron chi connectivity index (χ0n) is 11.7. The zero-order chi connectivity index (χ0) is 16.0. The summed E-state index contributed by atoms with van der Waals surface area (Å²) in [5.74, 6) is -0.436. The third-order valence-electron chi connectivity index (χ3n) is 3.65. The molecule has 6 nitrogen and oxygen atoms in total. The maximum atomic E-state index is 12.4. The van der Waals surface area contributed by atoms with Gasteiger partial charge in [0.2, 0.25) is 0 Å². The number of imide groups is 1. The second kappa shape index (κ2) is 5.10. The molecule has 7 heteroatoms. The van der Waals surface area contributed by atoms with Crippen molar-refractivity contribution < 1.29 is 9.59 Å². The first kappa shape index (κ1) is 13.8. The normalized spacial score (nSPS) is 13.7. The second-order valence-corrected chi connectivity index (χ2v) is 5.41. The van der Waals surface area contributed by atoms with Crippen LogP contribution in [0.3, 0.4) is 0 Å². The van der Waals surface area contributed by atoms with Crippen molar-refractivity contribution in [1.29, 1.82) is 0 Å². The molecule has 0 spiro atoms. The van der Waals surface area contributed by atoms with Crippen molar-refractivity contribution >= 4 is 34.4 Å². The molecule has 3 heterocycles. The predicted molar refractivity (Wildman–Crippen MR) is 83.0 cm³/mol. The van der Waals surface area contributed by atoms with E-state index in [0.717, 1.165) is 4.90 Å². The lowest BCUT2D eigenvalue weighted by Gasteiger charge is -2.13. The minimum atomic E-state index is -0.355. The molecule has 4 rings (SSSR count). The van der Waals surface area contributed by atoms with Crippen LogP contribution in [-0.4, -0.2) is 31.7 Å². The Morgan fingerprint density at radius 3 is 2.35 bits per heavy atom. The van der Waals surface area contributed by atoms with E-state index in [1.807, 2.05) is 0 Å². The molecule has 0 unspecified atom stereocenters. The highest BCUT2D eigenvalue weighted by molar-refractivity contribution is 6.33. The summed E-state index contributed by atoms with van der Waals surface area (Å²) in [7, 11) is 0. The Morgan fingerprint density at radius 2 is 1.65 bits per heavy atom. The van der Waals surface area contributed by atoms with E-state index in [-0.39, 0.29) is 29.3 Å². The Labute approximate surface area is 135 Å². The fraction of sp³-hybridized carbons (Fsp3) is 0.0625. The summed E-state index contributed by atoms with van der Waals surface area (Å²) >= 11 is 6.13. The minimum absolute atomic E-state index is 0.0431. The molecule has 0 atom stereocenters. The van der Waals surface area contributed by atoms with Gasteiger partial charge in [-0.15, -0.1) is 0 Å². The highest BCUT2D eigenvalue weighted by atomic mass is 35.5. The summed E-state index contributed by atoms with van der Waals surface area (Å²) in [6.45, 7) is -0.0431. The molecule has 0 saturated heterocycles. The molecule has 112 valence electrons. The van der Waals surface area contributed by atoms with Crippen LogP contribution in [0.15, 0.2) is 42.6 Å². The van der Waals surface area contributed by atoms with Crippen LogP contribution < -0.4 is 0 Å². The maximum absolute atomic E-state index is 12.4. The number of carbonyl (C=O) groups is 2. The highest BCUT2D eigenvalue weighted by Crippen LogP contribution is 2.25. The zero-order valence-corrected chi connectivity index (χ0v) is 12.5. The van der Waals surface area contributed by atoms with E-state index in [1.54, 1.807) is 42.6 Å². The van der Waals surface area contributed by atoms with Gasteiger partial charge >= 0.3 is 0 Å². The van der Waals surface area contributed by atoms with Crippen LogP contribution in [0.1, 0.15) is 26.5 Å². The number of hydrogen-bond donors (Lipinski definition) is 0. The van der Waals surface area contributed by atoms with Crippen molar-refractivity contribution in [2.45, 2.75) is 6.54 Å². The Bertz CT molecular complexity index is 938. The fourth-order valence-electron chi connectivity index (χ4n) is 2.56. The van der Waals surface area contributed by atoms with Crippen LogP contribution >= 0.6 is 11.6 Å². The quantitative estimate of drug-likeness (QED) is 0.534. The summed E-state index contributed by atoms with van der Waals surface area (Å²) in [6, 6.07) is 10.2. The molecular weight excluding hydrogens is 316 g/mol. The molecule has 0 N–H and O–H groups in total. The molecule has 1 aliphatic rings. The van der Waals surface area contributed by atoms with E-state index in [9.17, 15) is 9.59 Å². The van der Waals surface area contributed by atoms with E-state index in [2.05, 4.69) is 15.0 Å². The highest BCUT2D eigenvalue weighted by Gasteiger charge is 2.35. The number of rotatable bonds is 2. The number of pyridine rings is 1. The van der Waals surface area contributed by atoms with E-state index >= 15 is 0 Å². The smallest absolute Gasteiger partial charge is 0.261 e. The van der Waals surface area contributed by atoms with E-state index in [4.69, 9.17) is 11.6 Å². The van der Waals surface area contributed by atoms with Crippen molar-refractivity contribution in [3.05, 3.63) is 64.7 Å². The molecule has 23 heavy (non-hydrogen) atoms. The molecule has 0 aliphatic carbocycles. The first-order chi connectivity index (χ1) is 11.1. The van der Waals surface area contributed by atoms with Gasteiger partial charge in [0, 0.05) is 6.20 Å². The number of hydrogen-bond acceptors (Lipinski definition) is 5. The van der Waals surface area contributed by atoms with Gasteiger partial charge in [0.15, 0.2) is 11.5 Å². The minimum Gasteiger partial charge on any atom is -0.269 e. The summed E-state index contributed by atoms with van der Waals surface area (Å²) in [5, 5.41) is 0.870. The van der Waals surface area contributed by atoms with Crippen molar-refractivity contribution in [2.24, 2.45) is 0 Å². The Morgan fingerprint density at radius 1 is 0.957 bits per heavy atom. The fourth-order valence-corrected chi connectivity index (χ4v) is 2.81. The Kier molecular flexibility index (Phi) is 3.06. The van der Waals surface area contributed by atoms with Crippen molar-refractivity contribution in [3.63, 3.8) is 0 Å². The third-order valence-corrected chi connectivity index (χ3v) is 3.94. The number of nitrogens with zero attached hydrogens (tertiary/aromatic N) is 4. The number of amides is 2. The molecular formula is C16H9ClN4O2. The van der Waals surface area contributed by atoms with Crippen LogP contribution in [-0.2, 0) is 6.54 Å². The first-order valence-electron chi connectivity index (χ1n) is 6.87. The number of fused-ring (bicyclic) bond motifs is 2. The van der Waals surface area contributed by atoms with Crippen molar-refractivity contribution in [1.82, 2.24) is 19.9 Å². The summed E-state index contributed by atoms with van der Waals surface area (Å²) in [5.41, 5.74) is 1.21. The number of carbonyl (C=O) groups excluding carboxylic acids is 2. The second-order valence-electron chi connectivity index (χ2n) is 5.05. The van der Waals surface area contributed by atoms with Gasteiger partial charge in [0.1, 0.15) is 5.15 Å². The van der Waals surface area contributed by atoms with Gasteiger partial charge in [-0.25, -0.2) is 15.0 Å². The summed E-state index contributed by atoms with van der Waals surface area (Å²) in [4.78, 5) is 38.4. The van der Waals surface area contributed by atoms with Gasteiger partial charge in [0.25, 0.3) is 11.8 Å². The van der Waals surface area contributed by atoms with Crippen LogP contribution in [0.4, 0.5) is 0 Å². The average Bonchev–Trinajstić information content (AvgIpc) is 2.81. The third kappa shape index (κ3) is 2.15. The van der Waals surface area contributed by atoms with Gasteiger partial charge in [-0.2, -0.15) is 0 Å². The Hall–Kier alpha value is -2.86. The average molecular weight is 325 g/mol. The lowest BCUT2D eigenvalue weighted by molar-refractivity contribution is 0.0638. The van der Waals surface area contributed by atoms with Crippen LogP contribution in [0.5, 0.6) is 0 Å². The van der Waals surface area contributed by atoms with Gasteiger partial charge < -0.3 is 0 Å². The number of benzene rings is 1. The number of aromatic nitrogens is 3. The van der Waals surface area contributed by atoms with Crippen LogP contribution in [0.25, 0.3) is 11.0 Å². The molecule has 3 aromatic rings. The molecule has 1 aromatic carbocycles. The summed E-state index contributed by atoms with van der Waals surface area (Å²) in [6.07, 6.45) is 1.59. The SMILES string of the molecule is O=C1c2ccccc2C(=O)N1Cc1nc(Cl)c2cccnc2n1. The molecule has 0 saturated carbocycles. The van der Waals surface area contributed by atoms with Gasteiger partial charge in [0.05, 0.1) is 23.1 Å². The predicted octanol–water partition coefficient (Wildman–Crippen LogP) is 2.47. The maximum Gasteiger partial charge on any atom is 0.261 e. The molecule has 2 amide bonds. The lowest BCUT2D eigenvalue weighted by Crippen LogP contribution is -2.30. The topological polar surface area (TPSA) is 76.1 Å². The Balaban J connectivity index is 1.72. The standard InChI is InChI=1S/C16H9ClN4O2/c17-13-11-6-3-7-18-14(11)20-12(19-13)8-21-15(22)9-4-1-2-5-10(9)16(21)23/h1-7H,8H2. The van der Waals surface area contributed by atoms with Crippen LogP contribution in [0, 0.1) is 0 Å². The van der Waals surface area contributed by atoms with Gasteiger partial charge in [-0.1, -0.05) is 23.7 Å². The first-order valence-corrected chi connectivity index (χ1v) is 7.25. The molecule has 2 aromatic heterocycles. The van der Waals surface area contributed by atoms with Gasteiger partial charge in [-0.05, 0) is 24.3 Å². The van der Waals surface area contributed by atoms with E-state index in [1.165, 1.54) is 0 Å². The van der Waals surface area contributed by atoms with Crippen molar-refractivity contribution in [2.75, 3.05) is 0 Å². The molecule has 0 radical (unpaired) electrons. The van der Waals surface area contributed by atoms with E-state index < -0.39 is 0 Å². The van der Waals surface area contributed by atoms with Crippen molar-refractivity contribution in [3.8, 4) is 0 Å². The largest absolute Gasteiger partial charge is 0.269 e. The molecule has 0 fully saturated rings. The monoisotopic (exact) mass is 324 g/mol. The lowest BCUT2D eigenvalue weighted by atomic mass is 10.1. The van der Waals surface area contributed by atoms with Crippen LogP contribution in [0.2, 0.25) is 5.15 Å². The molecule has 1 aliphatic heterocycles. The number of halogens is 1. The molecule has 0 bridgehead atoms. The van der Waals surface area contributed by atoms with E-state index in [0.29, 0.717) is 22.2 Å². The summed E-state index contributed by atoms with van der Waals surface area (Å²) < 4.78 is 0. The van der Waals surface area contributed by atoms with Gasteiger partial charge in [-0.3, -0.25) is 14.5 Å².